The molecule has 4 aliphatic rings. The maximum atomic E-state index is 12.7. The van der Waals surface area contributed by atoms with Crippen LogP contribution in [0.2, 0.25) is 0 Å². The molecule has 112 valence electrons. The second-order valence-corrected chi connectivity index (χ2v) is 8.32. The lowest BCUT2D eigenvalue weighted by Gasteiger charge is -2.33. The minimum atomic E-state index is 0.252. The van der Waals surface area contributed by atoms with Crippen molar-refractivity contribution in [1.82, 2.24) is 10.2 Å². The van der Waals surface area contributed by atoms with Gasteiger partial charge in [-0.1, -0.05) is 12.8 Å². The Labute approximate surface area is 126 Å². The van der Waals surface area contributed by atoms with E-state index in [0.717, 1.165) is 36.5 Å². The van der Waals surface area contributed by atoms with E-state index in [0.29, 0.717) is 12.1 Å². The topological polar surface area (TPSA) is 32.3 Å². The summed E-state index contributed by atoms with van der Waals surface area (Å²) in [5.74, 6) is 4.93. The standard InChI is InChI=1S/C16H26N2OS/c19-16(17-14-4-1-3-12-9-13(12)14)18-7-2-8-20-10-15(18)11-5-6-11/h11-15H,1-10H2,(H,17,19)/t12-,13+,14?,15?/m1/s1. The summed E-state index contributed by atoms with van der Waals surface area (Å²) in [7, 11) is 0. The molecule has 1 aliphatic heterocycles. The Bertz CT molecular complexity index is 385. The summed E-state index contributed by atoms with van der Waals surface area (Å²) >= 11 is 2.05. The Balaban J connectivity index is 1.40. The number of hydrogen-bond donors (Lipinski definition) is 1. The number of amides is 2. The van der Waals surface area contributed by atoms with Crippen molar-refractivity contribution in [3.8, 4) is 0 Å². The van der Waals surface area contributed by atoms with Gasteiger partial charge in [-0.05, 0) is 55.6 Å². The van der Waals surface area contributed by atoms with E-state index in [1.165, 1.54) is 44.3 Å². The molecule has 4 heteroatoms. The van der Waals surface area contributed by atoms with E-state index < -0.39 is 0 Å². The molecule has 0 aromatic rings. The monoisotopic (exact) mass is 294 g/mol. The number of hydrogen-bond acceptors (Lipinski definition) is 2. The molecule has 1 saturated heterocycles. The third-order valence-corrected chi connectivity index (χ3v) is 6.85. The molecule has 4 atom stereocenters. The average molecular weight is 294 g/mol. The average Bonchev–Trinajstić information content (AvgIpc) is 3.30. The Kier molecular flexibility index (Phi) is 3.61. The van der Waals surface area contributed by atoms with E-state index in [1.54, 1.807) is 0 Å². The predicted molar refractivity (Wildman–Crippen MR) is 82.9 cm³/mol. The van der Waals surface area contributed by atoms with Crippen LogP contribution < -0.4 is 5.32 Å². The highest BCUT2D eigenvalue weighted by Crippen LogP contribution is 2.49. The first-order valence-electron chi connectivity index (χ1n) is 8.48. The number of nitrogens with one attached hydrogen (secondary N) is 1. The van der Waals surface area contributed by atoms with Gasteiger partial charge in [0.15, 0.2) is 0 Å². The molecule has 0 bridgehead atoms. The third kappa shape index (κ3) is 2.68. The zero-order chi connectivity index (χ0) is 13.5. The van der Waals surface area contributed by atoms with E-state index in [-0.39, 0.29) is 6.03 Å². The summed E-state index contributed by atoms with van der Waals surface area (Å²) < 4.78 is 0. The number of nitrogens with zero attached hydrogens (tertiary/aromatic N) is 1. The van der Waals surface area contributed by atoms with Crippen LogP contribution in [0.5, 0.6) is 0 Å². The molecule has 4 rings (SSSR count). The van der Waals surface area contributed by atoms with Crippen LogP contribution >= 0.6 is 11.8 Å². The van der Waals surface area contributed by atoms with Gasteiger partial charge in [-0.3, -0.25) is 0 Å². The van der Waals surface area contributed by atoms with Gasteiger partial charge in [-0.15, -0.1) is 0 Å². The van der Waals surface area contributed by atoms with E-state index in [2.05, 4.69) is 10.2 Å². The Hall–Kier alpha value is -0.380. The lowest BCUT2D eigenvalue weighted by atomic mass is 9.95. The van der Waals surface area contributed by atoms with Gasteiger partial charge in [0, 0.05) is 24.4 Å². The van der Waals surface area contributed by atoms with Crippen molar-refractivity contribution in [1.29, 1.82) is 0 Å². The number of fused-ring (bicyclic) bond motifs is 1. The van der Waals surface area contributed by atoms with Gasteiger partial charge in [-0.25, -0.2) is 4.79 Å². The molecule has 0 aromatic carbocycles. The fourth-order valence-electron chi connectivity index (χ4n) is 4.25. The summed E-state index contributed by atoms with van der Waals surface area (Å²) in [4.78, 5) is 14.9. The van der Waals surface area contributed by atoms with Crippen LogP contribution in [-0.2, 0) is 0 Å². The highest BCUT2D eigenvalue weighted by Gasteiger charge is 2.46. The SMILES string of the molecule is O=C(NC1CCC[C@@H]2C[C@H]12)N1CCCSCC1C1CC1. The molecular weight excluding hydrogens is 268 g/mol. The Morgan fingerprint density at radius 3 is 2.85 bits per heavy atom. The van der Waals surface area contributed by atoms with E-state index >= 15 is 0 Å². The van der Waals surface area contributed by atoms with Gasteiger partial charge in [0.25, 0.3) is 0 Å². The van der Waals surface area contributed by atoms with Crippen LogP contribution in [0, 0.1) is 17.8 Å². The zero-order valence-electron chi connectivity index (χ0n) is 12.2. The first-order chi connectivity index (χ1) is 9.83. The van der Waals surface area contributed by atoms with Gasteiger partial charge < -0.3 is 10.2 Å². The molecule has 3 aliphatic carbocycles. The number of rotatable bonds is 2. The lowest BCUT2D eigenvalue weighted by Crippen LogP contribution is -2.51. The predicted octanol–water partition coefficient (Wildman–Crippen LogP) is 3.10. The van der Waals surface area contributed by atoms with Crippen molar-refractivity contribution in [2.24, 2.45) is 17.8 Å². The number of carbonyl (C=O) groups excluding carboxylic acids is 1. The van der Waals surface area contributed by atoms with Gasteiger partial charge in [0.05, 0.1) is 0 Å². The molecule has 2 amide bonds. The Morgan fingerprint density at radius 2 is 2.00 bits per heavy atom. The Morgan fingerprint density at radius 1 is 1.10 bits per heavy atom. The molecule has 20 heavy (non-hydrogen) atoms. The zero-order valence-corrected chi connectivity index (χ0v) is 13.0. The van der Waals surface area contributed by atoms with Gasteiger partial charge >= 0.3 is 6.03 Å². The van der Waals surface area contributed by atoms with E-state index in [4.69, 9.17) is 0 Å². The quantitative estimate of drug-likeness (QED) is 0.849. The highest BCUT2D eigenvalue weighted by atomic mass is 32.2. The highest BCUT2D eigenvalue weighted by molar-refractivity contribution is 7.99. The van der Waals surface area contributed by atoms with E-state index in [1.807, 2.05) is 11.8 Å². The van der Waals surface area contributed by atoms with Crippen molar-refractivity contribution >= 4 is 17.8 Å². The summed E-state index contributed by atoms with van der Waals surface area (Å²) in [6.07, 6.45) is 9.14. The van der Waals surface area contributed by atoms with Gasteiger partial charge in [0.1, 0.15) is 0 Å². The van der Waals surface area contributed by atoms with Crippen molar-refractivity contribution < 1.29 is 4.79 Å². The van der Waals surface area contributed by atoms with Crippen LogP contribution in [-0.4, -0.2) is 41.1 Å². The minimum Gasteiger partial charge on any atom is -0.335 e. The second kappa shape index (κ2) is 5.43. The summed E-state index contributed by atoms with van der Waals surface area (Å²) in [6.45, 7) is 0.973. The normalized spacial score (nSPS) is 40.7. The minimum absolute atomic E-state index is 0.252. The van der Waals surface area contributed by atoms with Crippen LogP contribution in [0.3, 0.4) is 0 Å². The molecule has 0 radical (unpaired) electrons. The van der Waals surface area contributed by atoms with Crippen LogP contribution in [0.4, 0.5) is 4.79 Å². The van der Waals surface area contributed by atoms with Crippen molar-refractivity contribution in [2.75, 3.05) is 18.1 Å². The molecule has 3 saturated carbocycles. The molecule has 0 spiro atoms. The van der Waals surface area contributed by atoms with Gasteiger partial charge in [-0.2, -0.15) is 11.8 Å². The summed E-state index contributed by atoms with van der Waals surface area (Å²) in [5, 5.41) is 3.40. The first kappa shape index (κ1) is 13.3. The summed E-state index contributed by atoms with van der Waals surface area (Å²) in [5.41, 5.74) is 0. The second-order valence-electron chi connectivity index (χ2n) is 7.17. The molecule has 4 fully saturated rings. The number of thioether (sulfide) groups is 1. The maximum absolute atomic E-state index is 12.7. The van der Waals surface area contributed by atoms with Crippen molar-refractivity contribution in [3.63, 3.8) is 0 Å². The fourth-order valence-corrected chi connectivity index (χ4v) is 5.44. The molecule has 2 unspecified atom stereocenters. The lowest BCUT2D eigenvalue weighted by molar-refractivity contribution is 0.166. The van der Waals surface area contributed by atoms with Crippen LogP contribution in [0.25, 0.3) is 0 Å². The van der Waals surface area contributed by atoms with E-state index in [9.17, 15) is 4.79 Å². The number of urea groups is 1. The molecule has 0 aromatic heterocycles. The third-order valence-electron chi connectivity index (χ3n) is 5.70. The van der Waals surface area contributed by atoms with Crippen LogP contribution in [0.15, 0.2) is 0 Å². The fraction of sp³-hybridized carbons (Fsp3) is 0.938. The first-order valence-corrected chi connectivity index (χ1v) is 9.63. The maximum Gasteiger partial charge on any atom is 0.317 e. The molecule has 1 N–H and O–H groups in total. The number of carbonyl (C=O) groups is 1. The van der Waals surface area contributed by atoms with Crippen molar-refractivity contribution in [2.45, 2.75) is 57.0 Å². The molecular formula is C16H26N2OS. The molecule has 3 nitrogen and oxygen atoms in total. The van der Waals surface area contributed by atoms with Gasteiger partial charge in [0.2, 0.25) is 0 Å². The van der Waals surface area contributed by atoms with Crippen molar-refractivity contribution in [3.05, 3.63) is 0 Å². The smallest absolute Gasteiger partial charge is 0.317 e. The van der Waals surface area contributed by atoms with Crippen LogP contribution in [0.1, 0.15) is 44.9 Å². The summed E-state index contributed by atoms with van der Waals surface area (Å²) in [6, 6.07) is 1.25. The molecule has 1 heterocycles. The largest absolute Gasteiger partial charge is 0.335 e.